The number of aliphatic hydroxyl groups is 1. The Labute approximate surface area is 85.1 Å². The highest BCUT2D eigenvalue weighted by molar-refractivity contribution is 5.79. The Kier molecular flexibility index (Phi) is 2.77. The summed E-state index contributed by atoms with van der Waals surface area (Å²) in [6.45, 7) is 3.42. The molecule has 14 heavy (non-hydrogen) atoms. The van der Waals surface area contributed by atoms with Crippen molar-refractivity contribution in [2.45, 2.75) is 38.7 Å². The normalized spacial score (nSPS) is 30.1. The number of likely N-dealkylation sites (tertiary alicyclic amines) is 1. The number of carbonyl (C=O) groups is 1. The molecule has 3 heteroatoms. The van der Waals surface area contributed by atoms with E-state index in [1.807, 2.05) is 11.8 Å². The van der Waals surface area contributed by atoms with Crippen molar-refractivity contribution in [3.8, 4) is 0 Å². The van der Waals surface area contributed by atoms with E-state index in [2.05, 4.69) is 0 Å². The van der Waals surface area contributed by atoms with E-state index in [-0.39, 0.29) is 17.9 Å². The minimum atomic E-state index is -0.292. The first-order chi connectivity index (χ1) is 6.68. The minimum absolute atomic E-state index is 0.181. The van der Waals surface area contributed by atoms with Crippen molar-refractivity contribution in [2.24, 2.45) is 11.8 Å². The van der Waals surface area contributed by atoms with Crippen molar-refractivity contribution in [1.29, 1.82) is 0 Å². The summed E-state index contributed by atoms with van der Waals surface area (Å²) in [4.78, 5) is 13.8. The highest BCUT2D eigenvalue weighted by atomic mass is 16.3. The van der Waals surface area contributed by atoms with E-state index >= 15 is 0 Å². The van der Waals surface area contributed by atoms with Gasteiger partial charge < -0.3 is 10.0 Å². The first kappa shape index (κ1) is 9.97. The second-order valence-corrected chi connectivity index (χ2v) is 4.71. The zero-order chi connectivity index (χ0) is 10.1. The number of hydrogen-bond donors (Lipinski definition) is 1. The third kappa shape index (κ3) is 2.08. The maximum absolute atomic E-state index is 11.9. The van der Waals surface area contributed by atoms with E-state index in [4.69, 9.17) is 0 Å². The van der Waals surface area contributed by atoms with Gasteiger partial charge in [0.2, 0.25) is 5.91 Å². The van der Waals surface area contributed by atoms with Gasteiger partial charge in [-0.25, -0.2) is 0 Å². The second kappa shape index (κ2) is 3.89. The van der Waals surface area contributed by atoms with Crippen molar-refractivity contribution >= 4 is 5.91 Å². The first-order valence-corrected chi connectivity index (χ1v) is 5.65. The van der Waals surface area contributed by atoms with E-state index < -0.39 is 0 Å². The fourth-order valence-corrected chi connectivity index (χ4v) is 2.24. The lowest BCUT2D eigenvalue weighted by Gasteiger charge is -2.32. The summed E-state index contributed by atoms with van der Waals surface area (Å²) in [6, 6.07) is 0. The molecular weight excluding hydrogens is 178 g/mol. The van der Waals surface area contributed by atoms with Gasteiger partial charge in [-0.2, -0.15) is 0 Å². The third-order valence-corrected chi connectivity index (χ3v) is 3.43. The molecule has 2 aliphatic rings. The molecule has 2 fully saturated rings. The van der Waals surface area contributed by atoms with Gasteiger partial charge in [0, 0.05) is 19.0 Å². The van der Waals surface area contributed by atoms with Gasteiger partial charge in [-0.3, -0.25) is 4.79 Å². The van der Waals surface area contributed by atoms with E-state index in [0.717, 1.165) is 19.4 Å². The number of amides is 1. The first-order valence-electron chi connectivity index (χ1n) is 5.65. The van der Waals surface area contributed by atoms with Gasteiger partial charge in [-0.05, 0) is 31.6 Å². The summed E-state index contributed by atoms with van der Waals surface area (Å²) in [5.74, 6) is 1.06. The molecule has 1 aliphatic carbocycles. The van der Waals surface area contributed by atoms with Gasteiger partial charge >= 0.3 is 0 Å². The Morgan fingerprint density at radius 3 is 2.71 bits per heavy atom. The lowest BCUT2D eigenvalue weighted by atomic mass is 10.0. The van der Waals surface area contributed by atoms with Crippen molar-refractivity contribution in [3.63, 3.8) is 0 Å². The van der Waals surface area contributed by atoms with E-state index in [9.17, 15) is 9.90 Å². The summed E-state index contributed by atoms with van der Waals surface area (Å²) >= 11 is 0. The van der Waals surface area contributed by atoms with Crippen LogP contribution >= 0.6 is 0 Å². The van der Waals surface area contributed by atoms with Crippen LogP contribution in [-0.4, -0.2) is 35.1 Å². The van der Waals surface area contributed by atoms with Crippen LogP contribution in [0.25, 0.3) is 0 Å². The summed E-state index contributed by atoms with van der Waals surface area (Å²) in [6.07, 6.45) is 3.93. The molecule has 1 N–H and O–H groups in total. The van der Waals surface area contributed by atoms with Crippen molar-refractivity contribution < 1.29 is 9.90 Å². The van der Waals surface area contributed by atoms with Crippen LogP contribution in [-0.2, 0) is 4.79 Å². The molecule has 80 valence electrons. The highest BCUT2D eigenvalue weighted by Crippen LogP contribution is 2.37. The van der Waals surface area contributed by atoms with Crippen molar-refractivity contribution in [3.05, 3.63) is 0 Å². The van der Waals surface area contributed by atoms with Crippen LogP contribution in [0, 0.1) is 11.8 Å². The van der Waals surface area contributed by atoms with Crippen LogP contribution in [0.1, 0.15) is 32.6 Å². The Balaban J connectivity index is 1.89. The predicted molar refractivity (Wildman–Crippen MR) is 53.7 cm³/mol. The molecule has 3 nitrogen and oxygen atoms in total. The lowest BCUT2D eigenvalue weighted by Crippen LogP contribution is -2.44. The van der Waals surface area contributed by atoms with Crippen LogP contribution in [0.15, 0.2) is 0 Å². The number of β-amino-alcohol motifs (C(OH)–C–C–N with tert-alkyl or cyclic N) is 1. The van der Waals surface area contributed by atoms with Gasteiger partial charge in [-0.1, -0.05) is 6.92 Å². The Hall–Kier alpha value is -0.570. The fourth-order valence-electron chi connectivity index (χ4n) is 2.24. The molecular formula is C11H19NO2. The molecule has 0 radical (unpaired) electrons. The summed E-state index contributed by atoms with van der Waals surface area (Å²) in [7, 11) is 0. The second-order valence-electron chi connectivity index (χ2n) is 4.71. The fraction of sp³-hybridized carbons (Fsp3) is 0.909. The zero-order valence-corrected chi connectivity index (χ0v) is 8.78. The van der Waals surface area contributed by atoms with Crippen LogP contribution in [0.5, 0.6) is 0 Å². The molecule has 0 aromatic carbocycles. The van der Waals surface area contributed by atoms with Gasteiger partial charge in [-0.15, -0.1) is 0 Å². The topological polar surface area (TPSA) is 40.5 Å². The summed E-state index contributed by atoms with van der Waals surface area (Å²) < 4.78 is 0. The average Bonchev–Trinajstić information content (AvgIpc) is 2.99. The van der Waals surface area contributed by atoms with Crippen LogP contribution in [0.3, 0.4) is 0 Å². The Morgan fingerprint density at radius 1 is 1.43 bits per heavy atom. The van der Waals surface area contributed by atoms with Gasteiger partial charge in [0.15, 0.2) is 0 Å². The molecule has 0 aromatic heterocycles. The number of hydrogen-bond acceptors (Lipinski definition) is 2. The molecule has 0 spiro atoms. The van der Waals surface area contributed by atoms with E-state index in [0.29, 0.717) is 12.5 Å². The molecule has 1 saturated heterocycles. The molecule has 1 saturated carbocycles. The van der Waals surface area contributed by atoms with Crippen molar-refractivity contribution in [1.82, 2.24) is 4.90 Å². The number of carbonyl (C=O) groups excluding carboxylic acids is 1. The van der Waals surface area contributed by atoms with Crippen LogP contribution in [0.2, 0.25) is 0 Å². The van der Waals surface area contributed by atoms with E-state index in [1.54, 1.807) is 0 Å². The Morgan fingerprint density at radius 2 is 2.14 bits per heavy atom. The van der Waals surface area contributed by atoms with Crippen LogP contribution < -0.4 is 0 Å². The number of rotatable bonds is 2. The zero-order valence-electron chi connectivity index (χ0n) is 8.78. The van der Waals surface area contributed by atoms with Crippen LogP contribution in [0.4, 0.5) is 0 Å². The molecule has 1 aliphatic heterocycles. The maximum atomic E-state index is 11.9. The lowest BCUT2D eigenvalue weighted by molar-refractivity contribution is -0.138. The third-order valence-electron chi connectivity index (χ3n) is 3.43. The molecule has 1 heterocycles. The molecule has 2 atom stereocenters. The summed E-state index contributed by atoms with van der Waals surface area (Å²) in [5.41, 5.74) is 0. The SMILES string of the molecule is CC(C(=O)N1CCCC(O)C1)C1CC1. The van der Waals surface area contributed by atoms with Crippen molar-refractivity contribution in [2.75, 3.05) is 13.1 Å². The maximum Gasteiger partial charge on any atom is 0.225 e. The standard InChI is InChI=1S/C11H19NO2/c1-8(9-4-5-9)11(14)12-6-2-3-10(13)7-12/h8-10,13H,2-7H2,1H3. The average molecular weight is 197 g/mol. The molecule has 0 bridgehead atoms. The van der Waals surface area contributed by atoms with Gasteiger partial charge in [0.1, 0.15) is 0 Å². The summed E-state index contributed by atoms with van der Waals surface area (Å²) in [5, 5.41) is 9.47. The van der Waals surface area contributed by atoms with Gasteiger partial charge in [0.05, 0.1) is 6.10 Å². The monoisotopic (exact) mass is 197 g/mol. The highest BCUT2D eigenvalue weighted by Gasteiger charge is 2.35. The molecule has 0 aromatic rings. The molecule has 2 rings (SSSR count). The predicted octanol–water partition coefficient (Wildman–Crippen LogP) is 1.02. The minimum Gasteiger partial charge on any atom is -0.391 e. The smallest absolute Gasteiger partial charge is 0.225 e. The number of nitrogens with zero attached hydrogens (tertiary/aromatic N) is 1. The van der Waals surface area contributed by atoms with E-state index in [1.165, 1.54) is 12.8 Å². The Bertz CT molecular complexity index is 225. The molecule has 1 amide bonds. The van der Waals surface area contributed by atoms with Gasteiger partial charge in [0.25, 0.3) is 0 Å². The number of piperidine rings is 1. The number of aliphatic hydroxyl groups excluding tert-OH is 1. The molecule has 2 unspecified atom stereocenters. The quantitative estimate of drug-likeness (QED) is 0.718. The largest absolute Gasteiger partial charge is 0.391 e.